The van der Waals surface area contributed by atoms with Gasteiger partial charge >= 0.3 is 0 Å². The molecule has 1 aliphatic heterocycles. The van der Waals surface area contributed by atoms with Gasteiger partial charge in [-0.1, -0.05) is 25.1 Å². The van der Waals surface area contributed by atoms with Crippen molar-refractivity contribution in [3.8, 4) is 0 Å². The van der Waals surface area contributed by atoms with Gasteiger partial charge in [0.25, 0.3) is 5.91 Å². The minimum atomic E-state index is -0.0211. The summed E-state index contributed by atoms with van der Waals surface area (Å²) in [6, 6.07) is 7.61. The Kier molecular flexibility index (Phi) is 3.99. The zero-order chi connectivity index (χ0) is 13.0. The van der Waals surface area contributed by atoms with Crippen LogP contribution in [0.3, 0.4) is 0 Å². The van der Waals surface area contributed by atoms with Crippen molar-refractivity contribution >= 4 is 5.91 Å². The van der Waals surface area contributed by atoms with Crippen LogP contribution < -0.4 is 11.1 Å². The summed E-state index contributed by atoms with van der Waals surface area (Å²) < 4.78 is 5.17. The summed E-state index contributed by atoms with van der Waals surface area (Å²) in [7, 11) is 0. The quantitative estimate of drug-likeness (QED) is 0.815. The second-order valence-electron chi connectivity index (χ2n) is 5.18. The van der Waals surface area contributed by atoms with Crippen LogP contribution in [-0.2, 0) is 11.2 Å². The molecular formula is C14H20N2O2. The van der Waals surface area contributed by atoms with Gasteiger partial charge in [-0.3, -0.25) is 4.79 Å². The van der Waals surface area contributed by atoms with Crippen LogP contribution in [0.4, 0.5) is 0 Å². The molecule has 18 heavy (non-hydrogen) atoms. The first-order valence-electron chi connectivity index (χ1n) is 6.28. The van der Waals surface area contributed by atoms with Crippen molar-refractivity contribution in [2.45, 2.75) is 13.3 Å². The maximum atomic E-state index is 12.1. The number of hydrogen-bond acceptors (Lipinski definition) is 3. The van der Waals surface area contributed by atoms with Crippen molar-refractivity contribution in [2.24, 2.45) is 11.1 Å². The van der Waals surface area contributed by atoms with E-state index in [0.717, 1.165) is 30.8 Å². The molecule has 1 amide bonds. The molecule has 4 heteroatoms. The van der Waals surface area contributed by atoms with E-state index in [1.807, 2.05) is 24.3 Å². The largest absolute Gasteiger partial charge is 0.380 e. The lowest BCUT2D eigenvalue weighted by molar-refractivity contribution is -0.0978. The summed E-state index contributed by atoms with van der Waals surface area (Å²) >= 11 is 0. The molecule has 4 nitrogen and oxygen atoms in total. The highest BCUT2D eigenvalue weighted by Gasteiger charge is 2.33. The molecule has 0 saturated carbocycles. The first-order valence-corrected chi connectivity index (χ1v) is 6.28. The summed E-state index contributed by atoms with van der Waals surface area (Å²) in [6.45, 7) is 4.76. The SMILES string of the molecule is CC1(CNC(=O)c2ccccc2CCN)COC1. The lowest BCUT2D eigenvalue weighted by Gasteiger charge is -2.38. The average molecular weight is 248 g/mol. The maximum absolute atomic E-state index is 12.1. The smallest absolute Gasteiger partial charge is 0.251 e. The number of hydrogen-bond donors (Lipinski definition) is 2. The van der Waals surface area contributed by atoms with Crippen LogP contribution in [0.25, 0.3) is 0 Å². The summed E-state index contributed by atoms with van der Waals surface area (Å²) in [5.41, 5.74) is 7.39. The number of nitrogens with two attached hydrogens (primary N) is 1. The molecule has 0 aliphatic carbocycles. The Morgan fingerprint density at radius 2 is 2.17 bits per heavy atom. The predicted octanol–water partition coefficient (Wildman–Crippen LogP) is 0.954. The van der Waals surface area contributed by atoms with E-state index in [2.05, 4.69) is 12.2 Å². The van der Waals surface area contributed by atoms with E-state index in [1.54, 1.807) is 0 Å². The average Bonchev–Trinajstić information content (AvgIpc) is 2.35. The van der Waals surface area contributed by atoms with E-state index in [4.69, 9.17) is 10.5 Å². The van der Waals surface area contributed by atoms with E-state index >= 15 is 0 Å². The van der Waals surface area contributed by atoms with Gasteiger partial charge in [-0.05, 0) is 24.6 Å². The lowest BCUT2D eigenvalue weighted by Crippen LogP contribution is -2.48. The molecular weight excluding hydrogens is 228 g/mol. The molecule has 0 atom stereocenters. The van der Waals surface area contributed by atoms with Crippen LogP contribution in [0.1, 0.15) is 22.8 Å². The number of nitrogens with one attached hydrogen (secondary N) is 1. The van der Waals surface area contributed by atoms with Crippen LogP contribution in [0.5, 0.6) is 0 Å². The van der Waals surface area contributed by atoms with E-state index in [1.165, 1.54) is 0 Å². The van der Waals surface area contributed by atoms with Crippen LogP contribution in [-0.4, -0.2) is 32.2 Å². The van der Waals surface area contributed by atoms with E-state index in [9.17, 15) is 4.79 Å². The van der Waals surface area contributed by atoms with Crippen molar-refractivity contribution in [1.29, 1.82) is 0 Å². The summed E-state index contributed by atoms with van der Waals surface area (Å²) in [5, 5.41) is 2.98. The van der Waals surface area contributed by atoms with Crippen LogP contribution >= 0.6 is 0 Å². The molecule has 0 aromatic heterocycles. The number of carbonyl (C=O) groups is 1. The maximum Gasteiger partial charge on any atom is 0.251 e. The minimum Gasteiger partial charge on any atom is -0.380 e. The Morgan fingerprint density at radius 3 is 2.78 bits per heavy atom. The van der Waals surface area contributed by atoms with Crippen LogP contribution in [0, 0.1) is 5.41 Å². The molecule has 1 heterocycles. The zero-order valence-electron chi connectivity index (χ0n) is 10.7. The standard InChI is InChI=1S/C14H20N2O2/c1-14(9-18-10-14)8-16-13(17)12-5-3-2-4-11(12)6-7-15/h2-5H,6-10,15H2,1H3,(H,16,17). The summed E-state index contributed by atoms with van der Waals surface area (Å²) in [4.78, 5) is 12.1. The third-order valence-electron chi connectivity index (χ3n) is 3.25. The first-order chi connectivity index (χ1) is 8.64. The molecule has 1 aromatic carbocycles. The Balaban J connectivity index is 1.99. The fraction of sp³-hybridized carbons (Fsp3) is 0.500. The Morgan fingerprint density at radius 1 is 1.44 bits per heavy atom. The van der Waals surface area contributed by atoms with E-state index in [0.29, 0.717) is 13.1 Å². The highest BCUT2D eigenvalue weighted by atomic mass is 16.5. The highest BCUT2D eigenvalue weighted by Crippen LogP contribution is 2.25. The monoisotopic (exact) mass is 248 g/mol. The Labute approximate surface area is 108 Å². The normalized spacial score (nSPS) is 17.0. The third kappa shape index (κ3) is 2.89. The molecule has 2 rings (SSSR count). The van der Waals surface area contributed by atoms with Gasteiger partial charge in [0, 0.05) is 17.5 Å². The van der Waals surface area contributed by atoms with Crippen molar-refractivity contribution in [3.05, 3.63) is 35.4 Å². The molecule has 1 aromatic rings. The van der Waals surface area contributed by atoms with Crippen LogP contribution in [0.2, 0.25) is 0 Å². The second kappa shape index (κ2) is 5.50. The van der Waals surface area contributed by atoms with Gasteiger partial charge in [-0.15, -0.1) is 0 Å². The van der Waals surface area contributed by atoms with Crippen molar-refractivity contribution in [3.63, 3.8) is 0 Å². The summed E-state index contributed by atoms with van der Waals surface area (Å²) in [5.74, 6) is -0.0211. The minimum absolute atomic E-state index is 0.0211. The number of carbonyl (C=O) groups excluding carboxylic acids is 1. The van der Waals surface area contributed by atoms with Gasteiger partial charge < -0.3 is 15.8 Å². The van der Waals surface area contributed by atoms with Crippen molar-refractivity contribution < 1.29 is 9.53 Å². The van der Waals surface area contributed by atoms with Crippen molar-refractivity contribution in [2.75, 3.05) is 26.3 Å². The molecule has 0 bridgehead atoms. The van der Waals surface area contributed by atoms with Gasteiger partial charge in [-0.2, -0.15) is 0 Å². The third-order valence-corrected chi connectivity index (χ3v) is 3.25. The van der Waals surface area contributed by atoms with Gasteiger partial charge in [0.1, 0.15) is 0 Å². The molecule has 0 unspecified atom stereocenters. The Hall–Kier alpha value is -1.39. The molecule has 0 spiro atoms. The predicted molar refractivity (Wildman–Crippen MR) is 70.5 cm³/mol. The van der Waals surface area contributed by atoms with Crippen molar-refractivity contribution in [1.82, 2.24) is 5.32 Å². The van der Waals surface area contributed by atoms with Gasteiger partial charge in [0.2, 0.25) is 0 Å². The number of ether oxygens (including phenoxy) is 1. The van der Waals surface area contributed by atoms with Gasteiger partial charge in [0.05, 0.1) is 13.2 Å². The number of amides is 1. The van der Waals surface area contributed by atoms with Gasteiger partial charge in [0.15, 0.2) is 0 Å². The molecule has 1 aliphatic rings. The molecule has 0 radical (unpaired) electrons. The number of rotatable bonds is 5. The lowest BCUT2D eigenvalue weighted by atomic mass is 9.88. The Bertz CT molecular complexity index is 428. The van der Waals surface area contributed by atoms with E-state index < -0.39 is 0 Å². The topological polar surface area (TPSA) is 64.4 Å². The zero-order valence-corrected chi connectivity index (χ0v) is 10.7. The molecule has 1 fully saturated rings. The highest BCUT2D eigenvalue weighted by molar-refractivity contribution is 5.95. The van der Waals surface area contributed by atoms with Crippen LogP contribution in [0.15, 0.2) is 24.3 Å². The second-order valence-corrected chi connectivity index (χ2v) is 5.18. The van der Waals surface area contributed by atoms with E-state index in [-0.39, 0.29) is 11.3 Å². The first kappa shape index (κ1) is 13.1. The summed E-state index contributed by atoms with van der Waals surface area (Å²) in [6.07, 6.45) is 0.726. The molecule has 3 N–H and O–H groups in total. The fourth-order valence-corrected chi connectivity index (χ4v) is 2.06. The van der Waals surface area contributed by atoms with Gasteiger partial charge in [-0.25, -0.2) is 0 Å². The molecule has 98 valence electrons. The molecule has 1 saturated heterocycles. The number of benzene rings is 1. The fourth-order valence-electron chi connectivity index (χ4n) is 2.06.